The van der Waals surface area contributed by atoms with Gasteiger partial charge in [0.2, 0.25) is 0 Å². The maximum atomic E-state index is 5.46. The van der Waals surface area contributed by atoms with E-state index in [4.69, 9.17) is 11.2 Å². The van der Waals surface area contributed by atoms with Crippen molar-refractivity contribution in [2.45, 2.75) is 18.4 Å². The van der Waals surface area contributed by atoms with Crippen molar-refractivity contribution in [3.8, 4) is 17.5 Å². The number of aromatic nitrogens is 2. The average Bonchev–Trinajstić information content (AvgIpc) is 2.71. The van der Waals surface area contributed by atoms with Crippen LogP contribution < -0.4 is 4.74 Å². The number of rotatable bonds is 2. The number of ether oxygens (including phenoxy) is 1. The molecule has 0 radical (unpaired) electrons. The second-order valence-corrected chi connectivity index (χ2v) is 4.78. The molecule has 1 fully saturated rings. The van der Waals surface area contributed by atoms with E-state index in [0.29, 0.717) is 9.11 Å². The fourth-order valence-electron chi connectivity index (χ4n) is 0.791. The van der Waals surface area contributed by atoms with Crippen LogP contribution in [0.15, 0.2) is 3.92 Å². The summed E-state index contributed by atoms with van der Waals surface area (Å²) in [6, 6.07) is 0. The molecule has 0 spiro atoms. The molecule has 0 saturated heterocycles. The lowest BCUT2D eigenvalue weighted by atomic mass is 10.4. The third kappa shape index (κ3) is 1.45. The van der Waals surface area contributed by atoms with E-state index < -0.39 is 0 Å². The van der Waals surface area contributed by atoms with Gasteiger partial charge in [0.25, 0.3) is 5.19 Å². The van der Waals surface area contributed by atoms with E-state index in [2.05, 4.69) is 32.0 Å². The Morgan fingerprint density at radius 3 is 2.75 bits per heavy atom. The monoisotopic (exact) mass is 244 g/mol. The van der Waals surface area contributed by atoms with Crippen LogP contribution in [0, 0.1) is 12.3 Å². The number of hydrogen-bond acceptors (Lipinski definition) is 4. The normalized spacial score (nSPS) is 18.3. The molecule has 0 unspecified atom stereocenters. The van der Waals surface area contributed by atoms with Crippen LogP contribution in [0.5, 0.6) is 5.19 Å². The van der Waals surface area contributed by atoms with E-state index >= 15 is 0 Å². The molecular weight excluding hydrogens is 240 g/mol. The minimum absolute atomic E-state index is 0.376. The molecule has 5 heteroatoms. The second-order valence-electron chi connectivity index (χ2n) is 2.56. The van der Waals surface area contributed by atoms with Crippen LogP contribution >= 0.6 is 27.3 Å². The lowest BCUT2D eigenvalue weighted by Gasteiger charge is -2.05. The first kappa shape index (κ1) is 8.02. The van der Waals surface area contributed by atoms with Crippen molar-refractivity contribution in [3.05, 3.63) is 3.92 Å². The largest absolute Gasteiger partial charge is 0.449 e. The number of halogens is 1. The van der Waals surface area contributed by atoms with Gasteiger partial charge in [-0.05, 0) is 27.3 Å². The van der Waals surface area contributed by atoms with Gasteiger partial charge in [-0.3, -0.25) is 0 Å². The van der Waals surface area contributed by atoms with Crippen LogP contribution in [-0.2, 0) is 0 Å². The molecule has 0 atom stereocenters. The van der Waals surface area contributed by atoms with Crippen LogP contribution in [0.3, 0.4) is 0 Å². The number of nitrogens with zero attached hydrogens (tertiary/aromatic N) is 2. The summed E-state index contributed by atoms with van der Waals surface area (Å²) in [7, 11) is 0. The zero-order valence-corrected chi connectivity index (χ0v) is 8.48. The summed E-state index contributed by atoms with van der Waals surface area (Å²) >= 11 is 4.54. The molecular formula is C7H5BrN2OS. The van der Waals surface area contributed by atoms with Gasteiger partial charge in [-0.2, -0.15) is 0 Å². The standard InChI is InChI=1S/C7H5BrN2OS/c1-2-7(3-4-7)11-6-10-9-5(8)12-6/h1H,3-4H2. The Hall–Kier alpha value is -0.600. The van der Waals surface area contributed by atoms with E-state index in [9.17, 15) is 0 Å². The van der Waals surface area contributed by atoms with Gasteiger partial charge in [-0.1, -0.05) is 11.0 Å². The predicted molar refractivity (Wildman–Crippen MR) is 49.0 cm³/mol. The topological polar surface area (TPSA) is 35.0 Å². The molecule has 0 amide bonds. The number of hydrogen-bond donors (Lipinski definition) is 0. The Bertz CT molecular complexity index is 339. The summed E-state index contributed by atoms with van der Waals surface area (Å²) < 4.78 is 6.17. The van der Waals surface area contributed by atoms with E-state index in [-0.39, 0.29) is 5.60 Å². The Kier molecular flexibility index (Phi) is 1.81. The van der Waals surface area contributed by atoms with Crippen LogP contribution in [0.2, 0.25) is 0 Å². The Labute approximate surface area is 82.3 Å². The van der Waals surface area contributed by atoms with Gasteiger partial charge < -0.3 is 4.74 Å². The van der Waals surface area contributed by atoms with Gasteiger partial charge in [0.1, 0.15) is 0 Å². The van der Waals surface area contributed by atoms with Crippen LogP contribution in [0.1, 0.15) is 12.8 Å². The van der Waals surface area contributed by atoms with Crippen molar-refractivity contribution in [1.82, 2.24) is 10.2 Å². The Balaban J connectivity index is 2.10. The lowest BCUT2D eigenvalue weighted by molar-refractivity contribution is 0.237. The van der Waals surface area contributed by atoms with Crippen LogP contribution in [-0.4, -0.2) is 15.8 Å². The van der Waals surface area contributed by atoms with Gasteiger partial charge in [0, 0.05) is 12.8 Å². The summed E-state index contributed by atoms with van der Waals surface area (Å²) in [5.74, 6) is 2.61. The average molecular weight is 245 g/mol. The molecule has 3 nitrogen and oxygen atoms in total. The highest BCUT2D eigenvalue weighted by atomic mass is 79.9. The fraction of sp³-hybridized carbons (Fsp3) is 0.429. The number of terminal acetylenes is 1. The quantitative estimate of drug-likeness (QED) is 0.746. The second kappa shape index (κ2) is 2.71. The Morgan fingerprint density at radius 1 is 1.58 bits per heavy atom. The minimum atomic E-state index is -0.376. The highest BCUT2D eigenvalue weighted by Gasteiger charge is 2.44. The molecule has 1 aromatic heterocycles. The molecule has 1 aliphatic rings. The van der Waals surface area contributed by atoms with Crippen LogP contribution in [0.4, 0.5) is 0 Å². The first-order valence-electron chi connectivity index (χ1n) is 3.40. The molecule has 0 aliphatic heterocycles. The van der Waals surface area contributed by atoms with Crippen molar-refractivity contribution in [2.24, 2.45) is 0 Å². The van der Waals surface area contributed by atoms with Gasteiger partial charge in [0.15, 0.2) is 9.52 Å². The maximum absolute atomic E-state index is 5.46. The maximum Gasteiger partial charge on any atom is 0.296 e. The third-order valence-electron chi connectivity index (χ3n) is 1.63. The van der Waals surface area contributed by atoms with E-state index in [1.54, 1.807) is 0 Å². The van der Waals surface area contributed by atoms with E-state index in [1.807, 2.05) is 0 Å². The van der Waals surface area contributed by atoms with Crippen molar-refractivity contribution in [2.75, 3.05) is 0 Å². The molecule has 1 aliphatic carbocycles. The summed E-state index contributed by atoms with van der Waals surface area (Å²) in [6.45, 7) is 0. The summed E-state index contributed by atoms with van der Waals surface area (Å²) in [4.78, 5) is 0. The molecule has 0 bridgehead atoms. The molecule has 62 valence electrons. The van der Waals surface area contributed by atoms with E-state index in [0.717, 1.165) is 12.8 Å². The summed E-state index contributed by atoms with van der Waals surface area (Å²) in [6.07, 6.45) is 7.13. The zero-order chi connectivity index (χ0) is 8.60. The van der Waals surface area contributed by atoms with Crippen molar-refractivity contribution in [3.63, 3.8) is 0 Å². The zero-order valence-electron chi connectivity index (χ0n) is 6.08. The van der Waals surface area contributed by atoms with Gasteiger partial charge in [-0.15, -0.1) is 11.5 Å². The molecule has 0 N–H and O–H groups in total. The van der Waals surface area contributed by atoms with Crippen molar-refractivity contribution >= 4 is 27.3 Å². The molecule has 12 heavy (non-hydrogen) atoms. The molecule has 1 aromatic rings. The fourth-order valence-corrected chi connectivity index (χ4v) is 1.79. The lowest BCUT2D eigenvalue weighted by Crippen LogP contribution is -2.14. The first-order chi connectivity index (χ1) is 5.74. The van der Waals surface area contributed by atoms with E-state index in [1.165, 1.54) is 11.3 Å². The smallest absolute Gasteiger partial charge is 0.296 e. The summed E-state index contributed by atoms with van der Waals surface area (Å²) in [5.41, 5.74) is -0.376. The molecule has 0 aromatic carbocycles. The predicted octanol–water partition coefficient (Wildman–Crippen LogP) is 1.85. The molecule has 2 rings (SSSR count). The minimum Gasteiger partial charge on any atom is -0.449 e. The van der Waals surface area contributed by atoms with Crippen LogP contribution in [0.25, 0.3) is 0 Å². The van der Waals surface area contributed by atoms with Gasteiger partial charge in [-0.25, -0.2) is 0 Å². The van der Waals surface area contributed by atoms with Crippen molar-refractivity contribution in [1.29, 1.82) is 0 Å². The molecule has 1 saturated carbocycles. The highest BCUT2D eigenvalue weighted by Crippen LogP contribution is 2.40. The van der Waals surface area contributed by atoms with Gasteiger partial charge in [0.05, 0.1) is 0 Å². The highest BCUT2D eigenvalue weighted by molar-refractivity contribution is 9.11. The molecule has 1 heterocycles. The Morgan fingerprint density at radius 2 is 2.33 bits per heavy atom. The SMILES string of the molecule is C#CC1(Oc2nnc(Br)s2)CC1. The van der Waals surface area contributed by atoms with Gasteiger partial charge >= 0.3 is 0 Å². The summed E-state index contributed by atoms with van der Waals surface area (Å²) in [5, 5.41) is 8.09. The third-order valence-corrected chi connectivity index (χ3v) is 2.87. The van der Waals surface area contributed by atoms with Crippen molar-refractivity contribution < 1.29 is 4.74 Å². The first-order valence-corrected chi connectivity index (χ1v) is 5.01.